The number of ether oxygens (including phenoxy) is 2. The van der Waals surface area contributed by atoms with Crippen molar-refractivity contribution in [2.24, 2.45) is 0 Å². The quantitative estimate of drug-likeness (QED) is 0.291. The summed E-state index contributed by atoms with van der Waals surface area (Å²) in [6, 6.07) is 0. The minimum Gasteiger partial charge on any atom is -0.353 e. The largest absolute Gasteiger partial charge is 0.353 e. The van der Waals surface area contributed by atoms with Crippen LogP contribution in [-0.4, -0.2) is 25.4 Å². The lowest BCUT2D eigenvalue weighted by atomic mass is 10.1. The van der Waals surface area contributed by atoms with E-state index in [0.717, 1.165) is 31.9 Å². The van der Waals surface area contributed by atoms with Crippen LogP contribution >= 0.6 is 11.6 Å². The minimum atomic E-state index is 0.0119. The maximum absolute atomic E-state index is 5.62. The number of hydrogen-bond acceptors (Lipinski definition) is 2. The Kier molecular flexibility index (Phi) is 13.4. The molecule has 0 rings (SSSR count). The molecule has 0 aromatic rings. The Morgan fingerprint density at radius 3 is 1.81 bits per heavy atom. The minimum absolute atomic E-state index is 0.0119. The third-order valence-corrected chi connectivity index (χ3v) is 2.80. The Morgan fingerprint density at radius 1 is 0.812 bits per heavy atom. The van der Waals surface area contributed by atoms with E-state index < -0.39 is 0 Å². The van der Waals surface area contributed by atoms with Crippen molar-refractivity contribution >= 4 is 11.6 Å². The molecule has 0 radical (unpaired) electrons. The van der Waals surface area contributed by atoms with Crippen molar-refractivity contribution in [2.75, 3.05) is 19.1 Å². The van der Waals surface area contributed by atoms with Gasteiger partial charge in [-0.25, -0.2) is 0 Å². The molecule has 0 saturated carbocycles. The van der Waals surface area contributed by atoms with Gasteiger partial charge >= 0.3 is 0 Å². The molecule has 0 saturated heterocycles. The van der Waals surface area contributed by atoms with Gasteiger partial charge in [0.1, 0.15) is 0 Å². The Balaban J connectivity index is 3.25. The van der Waals surface area contributed by atoms with Crippen molar-refractivity contribution in [3.63, 3.8) is 0 Å². The fourth-order valence-electron chi connectivity index (χ4n) is 1.70. The van der Waals surface area contributed by atoms with Gasteiger partial charge in [-0.2, -0.15) is 0 Å². The van der Waals surface area contributed by atoms with Crippen LogP contribution in [0.2, 0.25) is 0 Å². The second-order valence-corrected chi connectivity index (χ2v) is 4.32. The molecule has 0 aromatic heterocycles. The zero-order valence-electron chi connectivity index (χ0n) is 10.8. The topological polar surface area (TPSA) is 18.5 Å². The van der Waals surface area contributed by atoms with E-state index in [9.17, 15) is 0 Å². The smallest absolute Gasteiger partial charge is 0.157 e. The average Bonchev–Trinajstić information content (AvgIpc) is 2.28. The standard InChI is InChI=1S/C13H27ClO2/c1-3-15-13(16-4-2)11-9-7-5-6-8-10-12-14/h13H,3-12H2,1-2H3. The molecule has 3 heteroatoms. The molecule has 0 aromatic carbocycles. The molecule has 0 aliphatic heterocycles. The van der Waals surface area contributed by atoms with E-state index >= 15 is 0 Å². The summed E-state index contributed by atoms with van der Waals surface area (Å²) in [4.78, 5) is 0. The highest BCUT2D eigenvalue weighted by Crippen LogP contribution is 2.11. The monoisotopic (exact) mass is 250 g/mol. The Morgan fingerprint density at radius 2 is 1.31 bits per heavy atom. The fraction of sp³-hybridized carbons (Fsp3) is 1.00. The Hall–Kier alpha value is 0.210. The predicted octanol–water partition coefficient (Wildman–Crippen LogP) is 4.36. The van der Waals surface area contributed by atoms with Crippen LogP contribution in [0.15, 0.2) is 0 Å². The molecule has 0 spiro atoms. The van der Waals surface area contributed by atoms with Gasteiger partial charge in [0.25, 0.3) is 0 Å². The zero-order valence-corrected chi connectivity index (χ0v) is 11.6. The van der Waals surface area contributed by atoms with Crippen molar-refractivity contribution in [1.29, 1.82) is 0 Å². The normalized spacial score (nSPS) is 11.2. The lowest BCUT2D eigenvalue weighted by Gasteiger charge is -2.16. The van der Waals surface area contributed by atoms with Crippen LogP contribution in [-0.2, 0) is 9.47 Å². The van der Waals surface area contributed by atoms with Crippen molar-refractivity contribution in [3.8, 4) is 0 Å². The van der Waals surface area contributed by atoms with E-state index in [-0.39, 0.29) is 6.29 Å². The van der Waals surface area contributed by atoms with Crippen LogP contribution in [0.5, 0.6) is 0 Å². The van der Waals surface area contributed by atoms with Crippen LogP contribution in [0.25, 0.3) is 0 Å². The molecule has 0 aliphatic rings. The van der Waals surface area contributed by atoms with Gasteiger partial charge in [0.05, 0.1) is 0 Å². The van der Waals surface area contributed by atoms with Crippen molar-refractivity contribution in [2.45, 2.75) is 65.1 Å². The van der Waals surface area contributed by atoms with Gasteiger partial charge in [-0.05, 0) is 33.1 Å². The Labute approximate surface area is 106 Å². The summed E-state index contributed by atoms with van der Waals surface area (Å²) >= 11 is 5.62. The van der Waals surface area contributed by atoms with E-state index in [4.69, 9.17) is 21.1 Å². The van der Waals surface area contributed by atoms with Crippen LogP contribution in [0.4, 0.5) is 0 Å². The average molecular weight is 251 g/mol. The van der Waals surface area contributed by atoms with Gasteiger partial charge in [0.2, 0.25) is 0 Å². The maximum Gasteiger partial charge on any atom is 0.157 e. The van der Waals surface area contributed by atoms with Crippen molar-refractivity contribution < 1.29 is 9.47 Å². The van der Waals surface area contributed by atoms with E-state index in [0.29, 0.717) is 0 Å². The molecule has 2 nitrogen and oxygen atoms in total. The summed E-state index contributed by atoms with van der Waals surface area (Å²) < 4.78 is 11.0. The Bertz CT molecular complexity index is 125. The van der Waals surface area contributed by atoms with Gasteiger partial charge < -0.3 is 9.47 Å². The van der Waals surface area contributed by atoms with Gasteiger partial charge in [-0.3, -0.25) is 0 Å². The lowest BCUT2D eigenvalue weighted by molar-refractivity contribution is -0.140. The number of hydrogen-bond donors (Lipinski definition) is 0. The maximum atomic E-state index is 5.62. The molecule has 0 amide bonds. The molecule has 98 valence electrons. The summed E-state index contributed by atoms with van der Waals surface area (Å²) in [5.74, 6) is 0.802. The molecule has 0 fully saturated rings. The summed E-state index contributed by atoms with van der Waals surface area (Å²) in [5, 5.41) is 0. The molecule has 0 N–H and O–H groups in total. The molecule has 0 atom stereocenters. The zero-order chi connectivity index (χ0) is 12.1. The van der Waals surface area contributed by atoms with Crippen LogP contribution in [0, 0.1) is 0 Å². The number of alkyl halides is 1. The third kappa shape index (κ3) is 10.7. The third-order valence-electron chi connectivity index (χ3n) is 2.53. The van der Waals surface area contributed by atoms with Crippen LogP contribution in [0.3, 0.4) is 0 Å². The molecule has 0 bridgehead atoms. The summed E-state index contributed by atoms with van der Waals surface area (Å²) in [6.45, 7) is 5.50. The first-order valence-corrected chi connectivity index (χ1v) is 7.17. The molecular weight excluding hydrogens is 224 g/mol. The lowest BCUT2D eigenvalue weighted by Crippen LogP contribution is -2.17. The van der Waals surface area contributed by atoms with Gasteiger partial charge in [0, 0.05) is 19.1 Å². The first-order chi connectivity index (χ1) is 7.85. The predicted molar refractivity (Wildman–Crippen MR) is 70.1 cm³/mol. The fourth-order valence-corrected chi connectivity index (χ4v) is 1.89. The van der Waals surface area contributed by atoms with Crippen molar-refractivity contribution in [1.82, 2.24) is 0 Å². The summed E-state index contributed by atoms with van der Waals surface area (Å²) in [6.07, 6.45) is 8.55. The molecule has 0 aliphatic carbocycles. The number of unbranched alkanes of at least 4 members (excludes halogenated alkanes) is 5. The molecule has 16 heavy (non-hydrogen) atoms. The summed E-state index contributed by atoms with van der Waals surface area (Å²) in [5.41, 5.74) is 0. The van der Waals surface area contributed by atoms with Gasteiger partial charge in [-0.1, -0.05) is 25.7 Å². The van der Waals surface area contributed by atoms with Crippen LogP contribution < -0.4 is 0 Å². The highest BCUT2D eigenvalue weighted by atomic mass is 35.5. The summed E-state index contributed by atoms with van der Waals surface area (Å²) in [7, 11) is 0. The van der Waals surface area contributed by atoms with E-state index in [2.05, 4.69) is 0 Å². The van der Waals surface area contributed by atoms with E-state index in [1.807, 2.05) is 13.8 Å². The SMILES string of the molecule is CCOC(CCCCCCCCCl)OCC. The van der Waals surface area contributed by atoms with Crippen molar-refractivity contribution in [3.05, 3.63) is 0 Å². The first kappa shape index (κ1) is 16.2. The number of halogens is 1. The van der Waals surface area contributed by atoms with Gasteiger partial charge in [-0.15, -0.1) is 11.6 Å². The molecular formula is C13H27ClO2. The second kappa shape index (κ2) is 13.3. The molecule has 0 unspecified atom stereocenters. The highest BCUT2D eigenvalue weighted by molar-refractivity contribution is 6.17. The molecule has 0 heterocycles. The van der Waals surface area contributed by atoms with E-state index in [1.165, 1.54) is 32.1 Å². The first-order valence-electron chi connectivity index (χ1n) is 6.64. The van der Waals surface area contributed by atoms with Crippen LogP contribution in [0.1, 0.15) is 58.8 Å². The van der Waals surface area contributed by atoms with Gasteiger partial charge in [0.15, 0.2) is 6.29 Å². The number of rotatable bonds is 12. The highest BCUT2D eigenvalue weighted by Gasteiger charge is 2.06. The van der Waals surface area contributed by atoms with E-state index in [1.54, 1.807) is 0 Å². The second-order valence-electron chi connectivity index (χ2n) is 3.94.